The normalized spacial score (nSPS) is 15.1. The number of para-hydroxylation sites is 2. The molecule has 2 aliphatic rings. The van der Waals surface area contributed by atoms with Crippen LogP contribution in [-0.4, -0.2) is 11.1 Å². The molecule has 1 atom stereocenters. The van der Waals surface area contributed by atoms with Gasteiger partial charge in [0.05, 0.1) is 5.41 Å². The highest BCUT2D eigenvalue weighted by atomic mass is 16.5. The molecule has 0 aromatic heterocycles. The van der Waals surface area contributed by atoms with Gasteiger partial charge in [-0.15, -0.1) is 0 Å². The van der Waals surface area contributed by atoms with Crippen molar-refractivity contribution in [3.05, 3.63) is 298 Å². The van der Waals surface area contributed by atoms with Crippen molar-refractivity contribution in [2.45, 2.75) is 24.9 Å². The Kier molecular flexibility index (Phi) is 11.0. The van der Waals surface area contributed by atoms with E-state index in [4.69, 9.17) is 4.74 Å². The standard InChI is InChI=1S/C68H48N2O3/c1-45-22-32-53(33-23-45)68(54-34-24-46(2)25-35-54)62-43-57(70(55-16-8-4-9-17-55)56-18-10-5-11-19-56)38-39-60(62)63-58-20-12-13-21-59(58)65-61(64(63)68)40-41-67(73-65,51-14-6-3-7-15-51)52-36-30-49(31-37-52)48-28-26-47(27-29-48)42-50(44-69)66(71)72/h3-43H,1-2H3,(H,71,72)/b50-42+. The Bertz CT molecular complexity index is 3750. The van der Waals surface area contributed by atoms with Crippen molar-refractivity contribution in [3.8, 4) is 34.1 Å². The van der Waals surface area contributed by atoms with Crippen LogP contribution in [0.15, 0.2) is 242 Å². The highest BCUT2D eigenvalue weighted by Crippen LogP contribution is 2.63. The molecule has 0 radical (unpaired) electrons. The zero-order chi connectivity index (χ0) is 49.7. The molecule has 10 aromatic rings. The van der Waals surface area contributed by atoms with Crippen molar-refractivity contribution in [1.82, 2.24) is 0 Å². The van der Waals surface area contributed by atoms with Gasteiger partial charge in [0.2, 0.25) is 0 Å². The molecule has 1 aliphatic carbocycles. The van der Waals surface area contributed by atoms with Crippen LogP contribution < -0.4 is 9.64 Å². The minimum absolute atomic E-state index is 0.313. The molecule has 1 N–H and O–H groups in total. The second-order valence-corrected chi connectivity index (χ2v) is 19.0. The first-order valence-electron chi connectivity index (χ1n) is 24.6. The quantitative estimate of drug-likeness (QED) is 0.109. The molecule has 1 aliphatic heterocycles. The first-order valence-corrected chi connectivity index (χ1v) is 24.6. The zero-order valence-corrected chi connectivity index (χ0v) is 40.3. The highest BCUT2D eigenvalue weighted by Gasteiger charge is 2.51. The van der Waals surface area contributed by atoms with Crippen LogP contribution in [0.4, 0.5) is 17.1 Å². The minimum atomic E-state index is -1.25. The van der Waals surface area contributed by atoms with Crippen LogP contribution in [0.5, 0.6) is 5.75 Å². The summed E-state index contributed by atoms with van der Waals surface area (Å²) in [6, 6.07) is 83.6. The van der Waals surface area contributed by atoms with E-state index < -0.39 is 17.0 Å². The Balaban J connectivity index is 1.10. The van der Waals surface area contributed by atoms with E-state index in [-0.39, 0.29) is 5.57 Å². The molecule has 348 valence electrons. The van der Waals surface area contributed by atoms with Gasteiger partial charge in [0.15, 0.2) is 5.60 Å². The maximum atomic E-state index is 11.5. The van der Waals surface area contributed by atoms with Gasteiger partial charge in [0.25, 0.3) is 0 Å². The van der Waals surface area contributed by atoms with Crippen LogP contribution in [0.25, 0.3) is 45.2 Å². The van der Waals surface area contributed by atoms with Crippen molar-refractivity contribution in [2.75, 3.05) is 4.90 Å². The van der Waals surface area contributed by atoms with Gasteiger partial charge in [-0.05, 0) is 118 Å². The fourth-order valence-corrected chi connectivity index (χ4v) is 11.2. The second kappa shape index (κ2) is 18.0. The van der Waals surface area contributed by atoms with Crippen molar-refractivity contribution >= 4 is 46.0 Å². The van der Waals surface area contributed by atoms with Crippen molar-refractivity contribution in [3.63, 3.8) is 0 Å². The minimum Gasteiger partial charge on any atom is -0.477 e. The highest BCUT2D eigenvalue weighted by molar-refractivity contribution is 6.10. The van der Waals surface area contributed by atoms with Gasteiger partial charge >= 0.3 is 5.97 Å². The molecule has 0 amide bonds. The average molecular weight is 941 g/mol. The smallest absolute Gasteiger partial charge is 0.346 e. The summed E-state index contributed by atoms with van der Waals surface area (Å²) in [4.78, 5) is 13.9. The molecule has 5 nitrogen and oxygen atoms in total. The number of nitriles is 1. The van der Waals surface area contributed by atoms with Crippen LogP contribution in [0.3, 0.4) is 0 Å². The lowest BCUT2D eigenvalue weighted by atomic mass is 9.65. The first-order chi connectivity index (χ1) is 35.8. The predicted octanol–water partition coefficient (Wildman–Crippen LogP) is 16.3. The Labute approximate surface area is 425 Å². The number of fused-ring (bicyclic) bond motifs is 8. The van der Waals surface area contributed by atoms with Crippen molar-refractivity contribution in [2.24, 2.45) is 0 Å². The number of ether oxygens (including phenoxy) is 1. The van der Waals surface area contributed by atoms with Gasteiger partial charge in [0, 0.05) is 39.1 Å². The van der Waals surface area contributed by atoms with Gasteiger partial charge in [-0.2, -0.15) is 5.26 Å². The number of rotatable bonds is 10. The third-order valence-corrected chi connectivity index (χ3v) is 14.7. The monoisotopic (exact) mass is 940 g/mol. The molecule has 10 aromatic carbocycles. The maximum absolute atomic E-state index is 11.5. The van der Waals surface area contributed by atoms with Gasteiger partial charge in [-0.25, -0.2) is 4.79 Å². The van der Waals surface area contributed by atoms with Gasteiger partial charge in [-0.3, -0.25) is 0 Å². The molecular weight excluding hydrogens is 893 g/mol. The fraction of sp³-hybridized carbons (Fsp3) is 0.0588. The molecule has 12 rings (SSSR count). The van der Waals surface area contributed by atoms with E-state index >= 15 is 0 Å². The molecule has 73 heavy (non-hydrogen) atoms. The second-order valence-electron chi connectivity index (χ2n) is 19.0. The van der Waals surface area contributed by atoms with Crippen LogP contribution >= 0.6 is 0 Å². The van der Waals surface area contributed by atoms with E-state index in [1.54, 1.807) is 6.07 Å². The van der Waals surface area contributed by atoms with Crippen LogP contribution in [-0.2, 0) is 15.8 Å². The Morgan fingerprint density at radius 3 is 1.63 bits per heavy atom. The van der Waals surface area contributed by atoms with Gasteiger partial charge in [-0.1, -0.05) is 211 Å². The lowest BCUT2D eigenvalue weighted by molar-refractivity contribution is -0.132. The number of carbonyl (C=O) groups is 1. The lowest BCUT2D eigenvalue weighted by Gasteiger charge is -2.40. The summed E-state index contributed by atoms with van der Waals surface area (Å²) >= 11 is 0. The van der Waals surface area contributed by atoms with Crippen LogP contribution in [0.2, 0.25) is 0 Å². The van der Waals surface area contributed by atoms with Crippen LogP contribution in [0, 0.1) is 25.2 Å². The van der Waals surface area contributed by atoms with E-state index in [2.05, 4.69) is 231 Å². The van der Waals surface area contributed by atoms with Gasteiger partial charge in [0.1, 0.15) is 17.4 Å². The lowest BCUT2D eigenvalue weighted by Crippen LogP contribution is -2.36. The van der Waals surface area contributed by atoms with E-state index in [9.17, 15) is 15.2 Å². The summed E-state index contributed by atoms with van der Waals surface area (Å²) in [6.07, 6.45) is 5.96. The number of carboxylic acids is 1. The van der Waals surface area contributed by atoms with E-state index in [0.29, 0.717) is 5.56 Å². The van der Waals surface area contributed by atoms with E-state index in [0.717, 1.165) is 61.4 Å². The molecule has 0 saturated heterocycles. The number of aliphatic carboxylic acids is 1. The summed E-state index contributed by atoms with van der Waals surface area (Å²) in [7, 11) is 0. The largest absolute Gasteiger partial charge is 0.477 e. The predicted molar refractivity (Wildman–Crippen MR) is 295 cm³/mol. The van der Waals surface area contributed by atoms with E-state index in [1.807, 2.05) is 30.3 Å². The number of nitrogens with zero attached hydrogens (tertiary/aromatic N) is 2. The van der Waals surface area contributed by atoms with Crippen molar-refractivity contribution in [1.29, 1.82) is 5.26 Å². The van der Waals surface area contributed by atoms with Crippen LogP contribution in [0.1, 0.15) is 55.6 Å². The third-order valence-electron chi connectivity index (χ3n) is 14.7. The Morgan fingerprint density at radius 2 is 1.07 bits per heavy atom. The number of anilines is 3. The number of benzene rings is 10. The Morgan fingerprint density at radius 1 is 0.562 bits per heavy atom. The molecule has 0 bridgehead atoms. The SMILES string of the molecule is Cc1ccc(C2(c3ccc(C)cc3)c3cc(N(c4ccccc4)c4ccccc4)ccc3-c3c2c2c(c4ccccc34)OC(c3ccccc3)(c3ccc(-c4ccc(/C=C(\C#N)C(=O)O)cc4)cc3)C=C2)cc1. The topological polar surface area (TPSA) is 73.6 Å². The molecule has 0 fully saturated rings. The molecule has 0 saturated carbocycles. The zero-order valence-electron chi connectivity index (χ0n) is 40.3. The first kappa shape index (κ1) is 44.7. The molecule has 0 spiro atoms. The summed E-state index contributed by atoms with van der Waals surface area (Å²) < 4.78 is 7.86. The van der Waals surface area contributed by atoms with Gasteiger partial charge < -0.3 is 14.7 Å². The number of carboxylic acid groups (broad SMARTS) is 1. The number of hydrogen-bond acceptors (Lipinski definition) is 4. The fourth-order valence-electron chi connectivity index (χ4n) is 11.2. The summed E-state index contributed by atoms with van der Waals surface area (Å²) in [5, 5.41) is 20.9. The third kappa shape index (κ3) is 7.43. The number of hydrogen-bond donors (Lipinski definition) is 1. The van der Waals surface area contributed by atoms with E-state index in [1.165, 1.54) is 50.6 Å². The molecule has 1 heterocycles. The van der Waals surface area contributed by atoms with Crippen molar-refractivity contribution < 1.29 is 14.6 Å². The molecule has 1 unspecified atom stereocenters. The summed E-state index contributed by atoms with van der Waals surface area (Å²) in [5.41, 5.74) is 16.2. The number of aryl methyl sites for hydroxylation is 2. The molecule has 5 heteroatoms. The summed E-state index contributed by atoms with van der Waals surface area (Å²) in [6.45, 7) is 4.31. The average Bonchev–Trinajstić information content (AvgIpc) is 3.75. The Hall–Kier alpha value is -9.50. The maximum Gasteiger partial charge on any atom is 0.346 e. The molecular formula is C68H48N2O3. The summed E-state index contributed by atoms with van der Waals surface area (Å²) in [5.74, 6) is -0.433.